The molecule has 7 N–H and O–H groups in total. The number of carboxylic acids is 2. The highest BCUT2D eigenvalue weighted by atomic mass is 19.4. The van der Waals surface area contributed by atoms with Crippen molar-refractivity contribution in [1.29, 1.82) is 10.8 Å². The zero-order valence-corrected chi connectivity index (χ0v) is 30.4. The van der Waals surface area contributed by atoms with Crippen molar-refractivity contribution in [2.24, 2.45) is 0 Å². The maximum Gasteiger partial charge on any atom is 0.490 e. The number of fused-ring (bicyclic) bond motifs is 6. The number of nitrogens with one attached hydrogen (secondary N) is 4. The molecule has 0 atom stereocenters. The number of alkyl halides is 6. The van der Waals surface area contributed by atoms with E-state index < -0.39 is 24.3 Å². The van der Waals surface area contributed by atoms with E-state index in [2.05, 4.69) is 25.5 Å². The van der Waals surface area contributed by atoms with Gasteiger partial charge in [-0.1, -0.05) is 0 Å². The summed E-state index contributed by atoms with van der Waals surface area (Å²) in [6, 6.07) is 7.28. The molecular weight excluding hydrogens is 780 g/mol. The molecule has 4 aromatic rings. The number of rotatable bonds is 7. The smallest absolute Gasteiger partial charge is 0.490 e. The molecule has 1 fully saturated rings. The molecule has 3 aliphatic rings. The number of aromatic hydroxyl groups is 1. The van der Waals surface area contributed by atoms with Gasteiger partial charge in [-0.25, -0.2) is 19.6 Å². The molecule has 7 rings (SSSR count). The Morgan fingerprint density at radius 3 is 1.70 bits per heavy atom. The summed E-state index contributed by atoms with van der Waals surface area (Å²) in [6.45, 7) is 8.34. The Labute approximate surface area is 318 Å². The molecule has 0 unspecified atom stereocenters. The van der Waals surface area contributed by atoms with E-state index in [-0.39, 0.29) is 17.0 Å². The van der Waals surface area contributed by atoms with E-state index in [1.165, 1.54) is 7.11 Å². The zero-order valence-electron chi connectivity index (χ0n) is 30.4. The predicted octanol–water partition coefficient (Wildman–Crippen LogP) is 2.97. The quantitative estimate of drug-likeness (QED) is 0.105. The summed E-state index contributed by atoms with van der Waals surface area (Å²) in [5.41, 5.74) is 1.59. The first kappa shape index (κ1) is 43.7. The van der Waals surface area contributed by atoms with Crippen molar-refractivity contribution in [3.8, 4) is 23.0 Å². The topological polar surface area (TPSA) is 242 Å². The van der Waals surface area contributed by atoms with Crippen LogP contribution in [0.1, 0.15) is 6.42 Å². The molecule has 0 amide bonds. The Morgan fingerprint density at radius 2 is 1.25 bits per heavy atom. The Bertz CT molecular complexity index is 2170. The van der Waals surface area contributed by atoms with Crippen molar-refractivity contribution < 1.29 is 70.2 Å². The van der Waals surface area contributed by atoms with Crippen LogP contribution in [-0.2, 0) is 27.4 Å². The lowest BCUT2D eigenvalue weighted by atomic mass is 10.2. The number of nitrogens with zero attached hydrogens (tertiary/aromatic N) is 5. The lowest BCUT2D eigenvalue weighted by Crippen LogP contribution is -2.37. The summed E-state index contributed by atoms with van der Waals surface area (Å²) < 4.78 is 89.2. The first-order chi connectivity index (χ1) is 26.9. The van der Waals surface area contributed by atoms with Gasteiger partial charge in [0.15, 0.2) is 23.0 Å². The van der Waals surface area contributed by atoms with Gasteiger partial charge in [-0.05, 0) is 30.7 Å². The second-order valence-corrected chi connectivity index (χ2v) is 12.0. The molecule has 2 aromatic carbocycles. The van der Waals surface area contributed by atoms with E-state index in [0.717, 1.165) is 87.9 Å². The van der Waals surface area contributed by atoms with Crippen LogP contribution in [0.5, 0.6) is 23.0 Å². The molecule has 57 heavy (non-hydrogen) atoms. The number of aromatic nitrogens is 4. The summed E-state index contributed by atoms with van der Waals surface area (Å²) in [5.74, 6) is -2.10. The number of carbonyl (C=O) groups is 2. The summed E-state index contributed by atoms with van der Waals surface area (Å²) in [6.07, 6.45) is -9.22. The fourth-order valence-corrected chi connectivity index (χ4v) is 5.75. The van der Waals surface area contributed by atoms with Crippen LogP contribution in [0.4, 0.5) is 38.0 Å². The van der Waals surface area contributed by atoms with Crippen LogP contribution >= 0.6 is 0 Å². The Balaban J connectivity index is 0.000000198. The SMILES string of the molecule is COc1c(O)ccc2c3n(c(=N)nc12)CCN3.COc1c(OCCCN2CCOCC2)ccc2c3n(c(=N)nc12)CCN3.O=C(O)C(F)(F)F.O=C(O)C(F)(F)F. The third-order valence-electron chi connectivity index (χ3n) is 8.33. The van der Waals surface area contributed by atoms with E-state index in [1.54, 1.807) is 23.8 Å². The predicted molar refractivity (Wildman–Crippen MR) is 188 cm³/mol. The number of halogens is 6. The van der Waals surface area contributed by atoms with Crippen molar-refractivity contribution in [1.82, 2.24) is 24.0 Å². The molecule has 24 heteroatoms. The number of carboxylic acid groups (broad SMARTS) is 2. The van der Waals surface area contributed by atoms with Gasteiger partial charge >= 0.3 is 24.3 Å². The molecule has 3 aliphatic heterocycles. The standard InChI is InChI=1S/C18H25N5O3.C11H12N4O2.2C2HF3O2/c1-24-16-14(26-10-2-6-22-8-11-25-12-9-22)4-3-13-15(16)21-18(19)23-7-5-20-17(13)23;1-17-9-7(16)3-2-6-8(9)14-11(12)15-5-4-13-10(6)15;2*3-2(4,5)1(6)7/h3-4,19-20H,2,5-12H2,1H3;2-3,12-13,16H,4-5H2,1H3;2*(H,6,7). The fourth-order valence-electron chi connectivity index (χ4n) is 5.75. The molecule has 0 aliphatic carbocycles. The van der Waals surface area contributed by atoms with Gasteiger partial charge in [-0.15, -0.1) is 0 Å². The lowest BCUT2D eigenvalue weighted by Gasteiger charge is -2.26. The van der Waals surface area contributed by atoms with Crippen LogP contribution in [0, 0.1) is 10.8 Å². The third kappa shape index (κ3) is 10.8. The van der Waals surface area contributed by atoms with Crippen LogP contribution in [-0.4, -0.2) is 130 Å². The molecule has 0 bridgehead atoms. The van der Waals surface area contributed by atoms with E-state index in [0.29, 0.717) is 34.9 Å². The van der Waals surface area contributed by atoms with Gasteiger partial charge in [-0.3, -0.25) is 24.9 Å². The number of phenols is 1. The molecule has 1 saturated heterocycles. The van der Waals surface area contributed by atoms with Crippen LogP contribution in [0.25, 0.3) is 21.8 Å². The minimum Gasteiger partial charge on any atom is -0.504 e. The molecule has 0 radical (unpaired) electrons. The minimum absolute atomic E-state index is 0.0369. The van der Waals surface area contributed by atoms with Gasteiger partial charge in [-0.2, -0.15) is 26.3 Å². The largest absolute Gasteiger partial charge is 0.504 e. The first-order valence-corrected chi connectivity index (χ1v) is 16.9. The number of aliphatic carboxylic acids is 2. The molecule has 0 saturated carbocycles. The number of morpholine rings is 1. The first-order valence-electron chi connectivity index (χ1n) is 16.9. The summed E-state index contributed by atoms with van der Waals surface area (Å²) >= 11 is 0. The second kappa shape index (κ2) is 18.7. The number of methoxy groups -OCH3 is 2. The average Bonchev–Trinajstić information content (AvgIpc) is 3.86. The summed E-state index contributed by atoms with van der Waals surface area (Å²) in [5, 5.41) is 48.3. The van der Waals surface area contributed by atoms with Crippen molar-refractivity contribution >= 4 is 45.4 Å². The average molecular weight is 820 g/mol. The van der Waals surface area contributed by atoms with Gasteiger partial charge in [0.1, 0.15) is 22.7 Å². The van der Waals surface area contributed by atoms with E-state index in [9.17, 15) is 31.4 Å². The Hall–Kier alpha value is -6.04. The van der Waals surface area contributed by atoms with Crippen molar-refractivity contribution in [3.05, 3.63) is 35.5 Å². The van der Waals surface area contributed by atoms with Gasteiger partial charge in [0.2, 0.25) is 11.2 Å². The maximum atomic E-state index is 10.6. The summed E-state index contributed by atoms with van der Waals surface area (Å²) in [4.78, 5) is 28.8. The maximum absolute atomic E-state index is 10.6. The molecule has 2 aromatic heterocycles. The van der Waals surface area contributed by atoms with Gasteiger partial charge in [0.25, 0.3) is 0 Å². The fraction of sp³-hybridized carbons (Fsp3) is 0.455. The van der Waals surface area contributed by atoms with Gasteiger partial charge in [0.05, 0.1) is 34.0 Å². The Kier molecular flexibility index (Phi) is 14.4. The number of phenolic OH excluding ortho intramolecular Hbond substituents is 1. The van der Waals surface area contributed by atoms with Crippen LogP contribution in [0.3, 0.4) is 0 Å². The monoisotopic (exact) mass is 819 g/mol. The number of hydrogen-bond acceptors (Lipinski definition) is 14. The number of ether oxygens (including phenoxy) is 4. The molecule has 312 valence electrons. The van der Waals surface area contributed by atoms with Crippen molar-refractivity contribution in [2.75, 3.05) is 77.4 Å². The summed E-state index contributed by atoms with van der Waals surface area (Å²) in [7, 11) is 3.10. The Morgan fingerprint density at radius 1 is 0.789 bits per heavy atom. The van der Waals surface area contributed by atoms with E-state index in [1.807, 2.05) is 16.7 Å². The number of benzene rings is 2. The van der Waals surface area contributed by atoms with Crippen LogP contribution in [0.15, 0.2) is 24.3 Å². The molecule has 0 spiro atoms. The normalized spacial score (nSPS) is 14.6. The molecule has 5 heterocycles. The third-order valence-corrected chi connectivity index (χ3v) is 8.33. The highest BCUT2D eigenvalue weighted by Crippen LogP contribution is 2.38. The van der Waals surface area contributed by atoms with Gasteiger partial charge < -0.3 is 44.9 Å². The van der Waals surface area contributed by atoms with Crippen LogP contribution in [0.2, 0.25) is 0 Å². The zero-order chi connectivity index (χ0) is 42.1. The van der Waals surface area contributed by atoms with E-state index in [4.69, 9.17) is 49.6 Å². The van der Waals surface area contributed by atoms with Crippen molar-refractivity contribution in [2.45, 2.75) is 31.9 Å². The number of anilines is 2. The molecule has 18 nitrogen and oxygen atoms in total. The molecular formula is C33H39F6N9O9. The van der Waals surface area contributed by atoms with Crippen LogP contribution < -0.4 is 36.1 Å². The lowest BCUT2D eigenvalue weighted by molar-refractivity contribution is -0.193. The van der Waals surface area contributed by atoms with E-state index >= 15 is 0 Å². The van der Waals surface area contributed by atoms with Crippen molar-refractivity contribution in [3.63, 3.8) is 0 Å². The highest BCUT2D eigenvalue weighted by molar-refractivity contribution is 5.96. The minimum atomic E-state index is -5.08. The highest BCUT2D eigenvalue weighted by Gasteiger charge is 2.39. The van der Waals surface area contributed by atoms with Gasteiger partial charge in [0, 0.05) is 56.6 Å². The number of hydrogen-bond donors (Lipinski definition) is 7. The second-order valence-electron chi connectivity index (χ2n) is 12.0.